The van der Waals surface area contributed by atoms with Gasteiger partial charge in [0.15, 0.2) is 0 Å². The lowest BCUT2D eigenvalue weighted by molar-refractivity contribution is -0.127. The third-order valence-corrected chi connectivity index (χ3v) is 8.83. The van der Waals surface area contributed by atoms with Crippen molar-refractivity contribution in [1.82, 2.24) is 10.2 Å². The molecule has 1 aliphatic carbocycles. The van der Waals surface area contributed by atoms with Crippen LogP contribution in [0.4, 0.5) is 5.69 Å². The van der Waals surface area contributed by atoms with E-state index in [4.69, 9.17) is 4.74 Å². The predicted octanol–water partition coefficient (Wildman–Crippen LogP) is 5.29. The Labute approximate surface area is 221 Å². The fourth-order valence-electron chi connectivity index (χ4n) is 6.34. The Hall–Kier alpha value is -2.58. The number of hydrogen-bond acceptors (Lipinski definition) is 5. The van der Waals surface area contributed by atoms with E-state index >= 15 is 0 Å². The lowest BCUT2D eigenvalue weighted by atomic mass is 9.87. The van der Waals surface area contributed by atoms with E-state index < -0.39 is 10.0 Å². The van der Waals surface area contributed by atoms with Crippen molar-refractivity contribution < 1.29 is 17.9 Å². The number of benzene rings is 2. The number of nitrogens with zero attached hydrogens (tertiary/aromatic N) is 1. The second-order valence-corrected chi connectivity index (χ2v) is 12.9. The van der Waals surface area contributed by atoms with Crippen LogP contribution < -0.4 is 14.8 Å². The van der Waals surface area contributed by atoms with E-state index in [1.165, 1.54) is 50.5 Å². The van der Waals surface area contributed by atoms with Gasteiger partial charge >= 0.3 is 0 Å². The molecule has 2 aromatic rings. The molecule has 8 heteroatoms. The molecule has 1 amide bonds. The summed E-state index contributed by atoms with van der Waals surface area (Å²) in [5.41, 5.74) is 1.75. The Morgan fingerprint density at radius 1 is 0.892 bits per heavy atom. The summed E-state index contributed by atoms with van der Waals surface area (Å²) in [5, 5.41) is 3.29. The number of carbonyl (C=O) groups excluding carboxylic acids is 1. The summed E-state index contributed by atoms with van der Waals surface area (Å²) in [6, 6.07) is 16.0. The zero-order valence-electron chi connectivity index (χ0n) is 21.7. The van der Waals surface area contributed by atoms with Crippen molar-refractivity contribution in [2.75, 3.05) is 17.5 Å². The lowest BCUT2D eigenvalue weighted by Crippen LogP contribution is -2.47. The van der Waals surface area contributed by atoms with Crippen molar-refractivity contribution >= 4 is 21.6 Å². The van der Waals surface area contributed by atoms with Crippen LogP contribution >= 0.6 is 0 Å². The van der Waals surface area contributed by atoms with Crippen LogP contribution in [0.2, 0.25) is 0 Å². The van der Waals surface area contributed by atoms with Crippen molar-refractivity contribution in [3.05, 3.63) is 54.1 Å². The highest BCUT2D eigenvalue weighted by Crippen LogP contribution is 2.40. The second kappa shape index (κ2) is 11.4. The topological polar surface area (TPSA) is 87.7 Å². The molecule has 2 aliphatic heterocycles. The van der Waals surface area contributed by atoms with Crippen LogP contribution in [0.1, 0.15) is 63.4 Å². The van der Waals surface area contributed by atoms with Crippen molar-refractivity contribution in [3.8, 4) is 11.5 Å². The average molecular weight is 526 g/mol. The molecule has 2 aromatic carbocycles. The van der Waals surface area contributed by atoms with Gasteiger partial charge in [-0.1, -0.05) is 31.4 Å². The highest BCUT2D eigenvalue weighted by Gasteiger charge is 2.42. The summed E-state index contributed by atoms with van der Waals surface area (Å²) in [6.07, 6.45) is 11.9. The maximum absolute atomic E-state index is 12.9. The van der Waals surface area contributed by atoms with Crippen LogP contribution in [0.25, 0.3) is 0 Å². The van der Waals surface area contributed by atoms with E-state index in [1.807, 2.05) is 12.1 Å². The molecule has 37 heavy (non-hydrogen) atoms. The standard InChI is InChI=1S/C29H39N3O4S/c1-37(34,35)31-24-9-15-28(16-10-24)36-27-13-7-22(8-14-27)20-32-25-11-12-26(32)18-23(17-25)29(33)30-19-21-5-3-2-4-6-21/h7-10,13-16,21,23,25-26,31H,2-6,11-12,17-20H2,1H3,(H,30,33)/t23?,25-,26+. The molecule has 2 N–H and O–H groups in total. The minimum Gasteiger partial charge on any atom is -0.457 e. The van der Waals surface area contributed by atoms with Gasteiger partial charge in [0.2, 0.25) is 15.9 Å². The number of ether oxygens (including phenoxy) is 1. The quantitative estimate of drug-likeness (QED) is 0.465. The second-order valence-electron chi connectivity index (χ2n) is 11.1. The van der Waals surface area contributed by atoms with E-state index in [0.717, 1.165) is 37.9 Å². The summed E-state index contributed by atoms with van der Waals surface area (Å²) in [7, 11) is -3.30. The van der Waals surface area contributed by atoms with Gasteiger partial charge < -0.3 is 10.1 Å². The Balaban J connectivity index is 1.11. The minimum absolute atomic E-state index is 0.159. The molecular formula is C29H39N3O4S. The molecule has 0 aromatic heterocycles. The molecule has 2 saturated heterocycles. The van der Waals surface area contributed by atoms with Crippen LogP contribution in [0.5, 0.6) is 11.5 Å². The molecule has 0 spiro atoms. The van der Waals surface area contributed by atoms with Gasteiger partial charge in [0.25, 0.3) is 0 Å². The average Bonchev–Trinajstić information content (AvgIpc) is 3.10. The minimum atomic E-state index is -3.30. The number of fused-ring (bicyclic) bond motifs is 2. The number of carbonyl (C=O) groups is 1. The monoisotopic (exact) mass is 525 g/mol. The largest absolute Gasteiger partial charge is 0.457 e. The fourth-order valence-corrected chi connectivity index (χ4v) is 6.91. The van der Waals surface area contributed by atoms with E-state index in [1.54, 1.807) is 24.3 Å². The molecule has 1 unspecified atom stereocenters. The number of sulfonamides is 1. The molecule has 1 saturated carbocycles. The van der Waals surface area contributed by atoms with Crippen molar-refractivity contribution in [3.63, 3.8) is 0 Å². The Kier molecular flexibility index (Phi) is 8.05. The first-order valence-electron chi connectivity index (χ1n) is 13.7. The van der Waals surface area contributed by atoms with Gasteiger partial charge in [-0.3, -0.25) is 14.4 Å². The van der Waals surface area contributed by atoms with Crippen LogP contribution in [0.15, 0.2) is 48.5 Å². The maximum Gasteiger partial charge on any atom is 0.229 e. The smallest absolute Gasteiger partial charge is 0.229 e. The van der Waals surface area contributed by atoms with Crippen LogP contribution in [0, 0.1) is 11.8 Å². The highest BCUT2D eigenvalue weighted by atomic mass is 32.2. The number of rotatable bonds is 9. The van der Waals surface area contributed by atoms with Crippen LogP contribution in [0.3, 0.4) is 0 Å². The van der Waals surface area contributed by atoms with Gasteiger partial charge in [0.05, 0.1) is 6.26 Å². The Morgan fingerprint density at radius 2 is 1.49 bits per heavy atom. The number of nitrogens with one attached hydrogen (secondary N) is 2. The predicted molar refractivity (Wildman–Crippen MR) is 146 cm³/mol. The first kappa shape index (κ1) is 26.0. The normalized spacial score (nSPS) is 24.5. The Morgan fingerprint density at radius 3 is 2.08 bits per heavy atom. The summed E-state index contributed by atoms with van der Waals surface area (Å²) >= 11 is 0. The zero-order chi connectivity index (χ0) is 25.8. The maximum atomic E-state index is 12.9. The van der Waals surface area contributed by atoms with Crippen LogP contribution in [-0.4, -0.2) is 44.1 Å². The van der Waals surface area contributed by atoms with Gasteiger partial charge in [-0.25, -0.2) is 8.42 Å². The highest BCUT2D eigenvalue weighted by molar-refractivity contribution is 7.92. The number of hydrogen-bond donors (Lipinski definition) is 2. The molecule has 2 bridgehead atoms. The van der Waals surface area contributed by atoms with E-state index in [2.05, 4.69) is 27.1 Å². The van der Waals surface area contributed by atoms with Gasteiger partial charge in [0, 0.05) is 36.8 Å². The van der Waals surface area contributed by atoms with Crippen molar-refractivity contribution in [2.24, 2.45) is 11.8 Å². The van der Waals surface area contributed by atoms with Gasteiger partial charge in [0.1, 0.15) is 11.5 Å². The first-order valence-corrected chi connectivity index (χ1v) is 15.6. The third-order valence-electron chi connectivity index (χ3n) is 8.23. The number of piperidine rings is 1. The molecule has 0 radical (unpaired) electrons. The fraction of sp³-hybridized carbons (Fsp3) is 0.552. The molecule has 3 fully saturated rings. The summed E-state index contributed by atoms with van der Waals surface area (Å²) in [4.78, 5) is 15.5. The summed E-state index contributed by atoms with van der Waals surface area (Å²) in [6.45, 7) is 1.77. The molecule has 3 atom stereocenters. The van der Waals surface area contributed by atoms with Gasteiger partial charge in [-0.15, -0.1) is 0 Å². The van der Waals surface area contributed by atoms with Gasteiger partial charge in [-0.2, -0.15) is 0 Å². The van der Waals surface area contributed by atoms with Crippen LogP contribution in [-0.2, 0) is 21.4 Å². The first-order chi connectivity index (χ1) is 17.8. The van der Waals surface area contributed by atoms with Crippen molar-refractivity contribution in [1.29, 1.82) is 0 Å². The number of amides is 1. The number of anilines is 1. The SMILES string of the molecule is CS(=O)(=O)Nc1ccc(Oc2ccc(CN3[C@@H]4CC[C@H]3CC(C(=O)NCC3CCCCC3)C4)cc2)cc1. The molecule has 7 nitrogen and oxygen atoms in total. The molecule has 2 heterocycles. The zero-order valence-corrected chi connectivity index (χ0v) is 22.5. The lowest BCUT2D eigenvalue weighted by Gasteiger charge is -2.38. The van der Waals surface area contributed by atoms with Gasteiger partial charge in [-0.05, 0) is 86.4 Å². The molecule has 3 aliphatic rings. The molecular weight excluding hydrogens is 486 g/mol. The summed E-state index contributed by atoms with van der Waals surface area (Å²) < 4.78 is 31.1. The summed E-state index contributed by atoms with van der Waals surface area (Å²) in [5.74, 6) is 2.51. The Bertz CT molecular complexity index is 1150. The third kappa shape index (κ3) is 7.05. The van der Waals surface area contributed by atoms with Crippen molar-refractivity contribution in [2.45, 2.75) is 76.4 Å². The van der Waals surface area contributed by atoms with E-state index in [0.29, 0.717) is 29.4 Å². The molecule has 200 valence electrons. The van der Waals surface area contributed by atoms with E-state index in [9.17, 15) is 13.2 Å². The molecule has 5 rings (SSSR count). The van der Waals surface area contributed by atoms with E-state index in [-0.39, 0.29) is 11.8 Å².